The Labute approximate surface area is 141 Å². The second kappa shape index (κ2) is 7.00. The van der Waals surface area contributed by atoms with Gasteiger partial charge in [0, 0.05) is 32.4 Å². The summed E-state index contributed by atoms with van der Waals surface area (Å²) in [5.74, 6) is -0.194. The van der Waals surface area contributed by atoms with Crippen molar-refractivity contribution in [3.63, 3.8) is 0 Å². The lowest BCUT2D eigenvalue weighted by molar-refractivity contribution is 0.168. The highest BCUT2D eigenvalue weighted by atomic mass is 32.2. The summed E-state index contributed by atoms with van der Waals surface area (Å²) in [4.78, 5) is 2.18. The Balaban J connectivity index is 1.73. The Kier molecular flexibility index (Phi) is 4.98. The Morgan fingerprint density at radius 1 is 1.38 bits per heavy atom. The number of aromatic nitrogens is 2. The SMILES string of the molecule is CCS(=O)(=O)NCC1CN(Cc2cccc(F)c2)Cc2ccnn21. The molecule has 1 aliphatic rings. The van der Waals surface area contributed by atoms with Crippen LogP contribution in [0.5, 0.6) is 0 Å². The summed E-state index contributed by atoms with van der Waals surface area (Å²) < 4.78 is 41.3. The fraction of sp³-hybridized carbons (Fsp3) is 0.438. The van der Waals surface area contributed by atoms with E-state index in [1.165, 1.54) is 12.1 Å². The summed E-state index contributed by atoms with van der Waals surface area (Å²) in [6, 6.07) is 8.39. The molecule has 0 saturated carbocycles. The predicted molar refractivity (Wildman–Crippen MR) is 89.2 cm³/mol. The van der Waals surface area contributed by atoms with Crippen molar-refractivity contribution in [1.29, 1.82) is 0 Å². The molecule has 0 bridgehead atoms. The van der Waals surface area contributed by atoms with Gasteiger partial charge in [0.2, 0.25) is 10.0 Å². The van der Waals surface area contributed by atoms with Gasteiger partial charge in [-0.25, -0.2) is 17.5 Å². The molecule has 1 N–H and O–H groups in total. The number of halogens is 1. The summed E-state index contributed by atoms with van der Waals surface area (Å²) in [7, 11) is -3.25. The van der Waals surface area contributed by atoms with Crippen LogP contribution in [-0.2, 0) is 23.1 Å². The maximum atomic E-state index is 13.4. The molecule has 8 heteroatoms. The number of hydrogen-bond donors (Lipinski definition) is 1. The van der Waals surface area contributed by atoms with E-state index >= 15 is 0 Å². The van der Waals surface area contributed by atoms with Gasteiger partial charge in [-0.1, -0.05) is 12.1 Å². The molecule has 6 nitrogen and oxygen atoms in total. The van der Waals surface area contributed by atoms with E-state index in [0.717, 1.165) is 11.3 Å². The number of hydrogen-bond acceptors (Lipinski definition) is 4. The lowest BCUT2D eigenvalue weighted by Gasteiger charge is -2.34. The topological polar surface area (TPSA) is 67.2 Å². The highest BCUT2D eigenvalue weighted by Gasteiger charge is 2.26. The van der Waals surface area contributed by atoms with Crippen LogP contribution < -0.4 is 4.72 Å². The Hall–Kier alpha value is -1.77. The van der Waals surface area contributed by atoms with Crippen LogP contribution in [0.15, 0.2) is 36.5 Å². The van der Waals surface area contributed by atoms with E-state index in [1.807, 2.05) is 16.8 Å². The number of nitrogens with zero attached hydrogens (tertiary/aromatic N) is 3. The zero-order valence-electron chi connectivity index (χ0n) is 13.5. The highest BCUT2D eigenvalue weighted by Crippen LogP contribution is 2.22. The van der Waals surface area contributed by atoms with Crippen molar-refractivity contribution in [1.82, 2.24) is 19.4 Å². The largest absolute Gasteiger partial charge is 0.291 e. The van der Waals surface area contributed by atoms with E-state index in [0.29, 0.717) is 26.2 Å². The Morgan fingerprint density at radius 3 is 2.96 bits per heavy atom. The molecule has 1 aromatic carbocycles. The molecule has 2 aromatic rings. The van der Waals surface area contributed by atoms with Crippen LogP contribution in [0.1, 0.15) is 24.2 Å². The third-order valence-electron chi connectivity index (χ3n) is 4.17. The van der Waals surface area contributed by atoms with Crippen molar-refractivity contribution in [3.05, 3.63) is 53.6 Å². The van der Waals surface area contributed by atoms with Crippen LogP contribution in [0.2, 0.25) is 0 Å². The molecule has 1 aliphatic heterocycles. The first kappa shape index (κ1) is 17.1. The predicted octanol–water partition coefficient (Wildman–Crippen LogP) is 1.52. The van der Waals surface area contributed by atoms with E-state index in [1.54, 1.807) is 19.2 Å². The van der Waals surface area contributed by atoms with Crippen molar-refractivity contribution in [2.45, 2.75) is 26.1 Å². The van der Waals surface area contributed by atoms with E-state index < -0.39 is 10.0 Å². The van der Waals surface area contributed by atoms with Gasteiger partial charge in [-0.05, 0) is 30.7 Å². The average Bonchev–Trinajstić information content (AvgIpc) is 3.01. The minimum atomic E-state index is -3.25. The number of nitrogens with one attached hydrogen (secondary N) is 1. The molecule has 1 aromatic heterocycles. The molecule has 24 heavy (non-hydrogen) atoms. The standard InChI is InChI=1S/C16H21FN4O2S/c1-2-24(22,23)19-9-16-12-20(11-15-6-7-18-21(15)16)10-13-4-3-5-14(17)8-13/h3-8,16,19H,2,9-12H2,1H3. The molecule has 130 valence electrons. The summed E-state index contributed by atoms with van der Waals surface area (Å²) in [5, 5.41) is 4.32. The van der Waals surface area contributed by atoms with Crippen LogP contribution in [0.3, 0.4) is 0 Å². The third kappa shape index (κ3) is 4.00. The Bertz CT molecular complexity index is 806. The summed E-state index contributed by atoms with van der Waals surface area (Å²) in [5.41, 5.74) is 1.93. The van der Waals surface area contributed by atoms with Gasteiger partial charge in [-0.2, -0.15) is 5.10 Å². The molecular formula is C16H21FN4O2S. The fourth-order valence-corrected chi connectivity index (χ4v) is 3.61. The maximum absolute atomic E-state index is 13.4. The van der Waals surface area contributed by atoms with Crippen molar-refractivity contribution in [3.8, 4) is 0 Å². The molecule has 0 saturated heterocycles. The normalized spacial score (nSPS) is 18.5. The number of rotatable bonds is 6. The van der Waals surface area contributed by atoms with Gasteiger partial charge in [0.25, 0.3) is 0 Å². The molecule has 0 radical (unpaired) electrons. The lowest BCUT2D eigenvalue weighted by Crippen LogP contribution is -2.42. The second-order valence-electron chi connectivity index (χ2n) is 5.97. The second-order valence-corrected chi connectivity index (χ2v) is 8.07. The molecule has 0 amide bonds. The number of fused-ring (bicyclic) bond motifs is 1. The van der Waals surface area contributed by atoms with E-state index in [9.17, 15) is 12.8 Å². The molecule has 0 fully saturated rings. The quantitative estimate of drug-likeness (QED) is 0.856. The van der Waals surface area contributed by atoms with E-state index in [-0.39, 0.29) is 17.6 Å². The van der Waals surface area contributed by atoms with Gasteiger partial charge in [0.1, 0.15) is 5.82 Å². The first-order chi connectivity index (χ1) is 11.5. The van der Waals surface area contributed by atoms with Gasteiger partial charge in [0.15, 0.2) is 0 Å². The fourth-order valence-electron chi connectivity index (χ4n) is 2.95. The zero-order chi connectivity index (χ0) is 17.2. The van der Waals surface area contributed by atoms with Gasteiger partial charge < -0.3 is 0 Å². The molecule has 1 unspecified atom stereocenters. The Morgan fingerprint density at radius 2 is 2.21 bits per heavy atom. The van der Waals surface area contributed by atoms with Gasteiger partial charge >= 0.3 is 0 Å². The molecule has 0 aliphatic carbocycles. The lowest BCUT2D eigenvalue weighted by atomic mass is 10.1. The van der Waals surface area contributed by atoms with Crippen LogP contribution in [-0.4, -0.2) is 41.9 Å². The summed E-state index contributed by atoms with van der Waals surface area (Å²) >= 11 is 0. The van der Waals surface area contributed by atoms with Crippen LogP contribution in [0.25, 0.3) is 0 Å². The van der Waals surface area contributed by atoms with Gasteiger partial charge in [-0.15, -0.1) is 0 Å². The van der Waals surface area contributed by atoms with Crippen molar-refractivity contribution >= 4 is 10.0 Å². The number of benzene rings is 1. The molecule has 3 rings (SSSR count). The van der Waals surface area contributed by atoms with E-state index in [2.05, 4.69) is 14.7 Å². The smallest absolute Gasteiger partial charge is 0.211 e. The maximum Gasteiger partial charge on any atom is 0.211 e. The highest BCUT2D eigenvalue weighted by molar-refractivity contribution is 7.89. The van der Waals surface area contributed by atoms with Crippen molar-refractivity contribution < 1.29 is 12.8 Å². The van der Waals surface area contributed by atoms with Crippen molar-refractivity contribution in [2.75, 3.05) is 18.8 Å². The van der Waals surface area contributed by atoms with Crippen LogP contribution in [0.4, 0.5) is 4.39 Å². The van der Waals surface area contributed by atoms with Crippen LogP contribution >= 0.6 is 0 Å². The molecular weight excluding hydrogens is 331 g/mol. The zero-order valence-corrected chi connectivity index (χ0v) is 14.3. The van der Waals surface area contributed by atoms with Crippen molar-refractivity contribution in [2.24, 2.45) is 0 Å². The average molecular weight is 352 g/mol. The first-order valence-electron chi connectivity index (χ1n) is 7.93. The summed E-state index contributed by atoms with van der Waals surface area (Å²) in [6.45, 7) is 3.87. The number of sulfonamides is 1. The third-order valence-corrected chi connectivity index (χ3v) is 5.53. The van der Waals surface area contributed by atoms with E-state index in [4.69, 9.17) is 0 Å². The van der Waals surface area contributed by atoms with Gasteiger partial charge in [0.05, 0.1) is 17.5 Å². The first-order valence-corrected chi connectivity index (χ1v) is 9.58. The van der Waals surface area contributed by atoms with Gasteiger partial charge in [-0.3, -0.25) is 9.58 Å². The molecule has 1 atom stereocenters. The minimum absolute atomic E-state index is 0.0543. The van der Waals surface area contributed by atoms with Crippen LogP contribution in [0, 0.1) is 5.82 Å². The molecule has 2 heterocycles. The monoisotopic (exact) mass is 352 g/mol. The minimum Gasteiger partial charge on any atom is -0.291 e. The molecule has 0 spiro atoms. The summed E-state index contributed by atoms with van der Waals surface area (Å²) in [6.07, 6.45) is 1.72.